The van der Waals surface area contributed by atoms with Gasteiger partial charge in [-0.15, -0.1) is 0 Å². The van der Waals surface area contributed by atoms with Crippen molar-refractivity contribution >= 4 is 10.0 Å². The largest absolute Gasteiger partial charge is 0.383 e. The molecule has 0 aliphatic carbocycles. The zero-order chi connectivity index (χ0) is 14.0. The molecule has 0 aromatic rings. The van der Waals surface area contributed by atoms with E-state index < -0.39 is 10.0 Å². The summed E-state index contributed by atoms with van der Waals surface area (Å²) in [5, 5.41) is 3.12. The lowest BCUT2D eigenvalue weighted by Crippen LogP contribution is -2.40. The van der Waals surface area contributed by atoms with Crippen molar-refractivity contribution in [2.45, 2.75) is 27.2 Å². The fourth-order valence-corrected chi connectivity index (χ4v) is 3.11. The molecule has 110 valence electrons. The Morgan fingerprint density at radius 3 is 2.44 bits per heavy atom. The van der Waals surface area contributed by atoms with Crippen LogP contribution in [0.4, 0.5) is 0 Å². The summed E-state index contributed by atoms with van der Waals surface area (Å²) in [5.74, 6) is 0.476. The van der Waals surface area contributed by atoms with Crippen molar-refractivity contribution in [1.82, 2.24) is 9.62 Å². The molecular weight excluding hydrogens is 252 g/mol. The highest BCUT2D eigenvalue weighted by molar-refractivity contribution is 7.89. The number of sulfonamides is 1. The highest BCUT2D eigenvalue weighted by atomic mass is 32.2. The Labute approximate surface area is 112 Å². The van der Waals surface area contributed by atoms with Gasteiger partial charge in [0.1, 0.15) is 0 Å². The Bertz CT molecular complexity index is 292. The topological polar surface area (TPSA) is 58.6 Å². The first-order valence-electron chi connectivity index (χ1n) is 6.61. The van der Waals surface area contributed by atoms with E-state index in [1.54, 1.807) is 7.11 Å². The molecule has 0 heterocycles. The molecule has 0 aromatic carbocycles. The third-order valence-corrected chi connectivity index (χ3v) is 4.31. The maximum atomic E-state index is 12.2. The summed E-state index contributed by atoms with van der Waals surface area (Å²) >= 11 is 0. The van der Waals surface area contributed by atoms with Gasteiger partial charge in [-0.3, -0.25) is 0 Å². The van der Waals surface area contributed by atoms with Gasteiger partial charge in [0.2, 0.25) is 10.0 Å². The van der Waals surface area contributed by atoms with Gasteiger partial charge in [-0.25, -0.2) is 8.42 Å². The highest BCUT2D eigenvalue weighted by Gasteiger charge is 2.21. The highest BCUT2D eigenvalue weighted by Crippen LogP contribution is 2.06. The molecule has 6 heteroatoms. The van der Waals surface area contributed by atoms with Crippen molar-refractivity contribution in [2.24, 2.45) is 5.92 Å². The van der Waals surface area contributed by atoms with Crippen molar-refractivity contribution in [3.05, 3.63) is 0 Å². The van der Waals surface area contributed by atoms with E-state index in [4.69, 9.17) is 4.74 Å². The summed E-state index contributed by atoms with van der Waals surface area (Å²) in [6.07, 6.45) is 1.01. The lowest BCUT2D eigenvalue weighted by molar-refractivity contribution is 0.175. The van der Waals surface area contributed by atoms with Crippen LogP contribution >= 0.6 is 0 Å². The Morgan fingerprint density at radius 1 is 1.28 bits per heavy atom. The van der Waals surface area contributed by atoms with Gasteiger partial charge in [-0.2, -0.15) is 4.31 Å². The minimum Gasteiger partial charge on any atom is -0.383 e. The molecule has 0 aromatic heterocycles. The first-order chi connectivity index (χ1) is 8.44. The molecule has 0 atom stereocenters. The van der Waals surface area contributed by atoms with Crippen LogP contribution in [0.5, 0.6) is 0 Å². The zero-order valence-corrected chi connectivity index (χ0v) is 12.9. The Morgan fingerprint density at radius 2 is 1.94 bits per heavy atom. The van der Waals surface area contributed by atoms with Crippen LogP contribution in [0.25, 0.3) is 0 Å². The minimum absolute atomic E-state index is 0.156. The predicted octanol–water partition coefficient (Wildman–Crippen LogP) is 0.920. The number of nitrogens with zero attached hydrogens (tertiary/aromatic N) is 1. The van der Waals surface area contributed by atoms with Crippen LogP contribution in [0.15, 0.2) is 0 Å². The van der Waals surface area contributed by atoms with E-state index in [0.29, 0.717) is 32.2 Å². The Kier molecular flexibility index (Phi) is 9.63. The molecule has 0 amide bonds. The SMILES string of the molecule is CCCNCCS(=O)(=O)N(CCOC)CC(C)C. The smallest absolute Gasteiger partial charge is 0.215 e. The minimum atomic E-state index is -3.18. The molecule has 0 saturated heterocycles. The Hall–Kier alpha value is -0.170. The molecule has 0 radical (unpaired) electrons. The second kappa shape index (κ2) is 9.72. The van der Waals surface area contributed by atoms with Crippen LogP contribution in [0.2, 0.25) is 0 Å². The van der Waals surface area contributed by atoms with Crippen LogP contribution < -0.4 is 5.32 Å². The summed E-state index contributed by atoms with van der Waals surface area (Å²) in [6.45, 7) is 8.90. The molecule has 0 spiro atoms. The van der Waals surface area contributed by atoms with Gasteiger partial charge in [-0.1, -0.05) is 20.8 Å². The molecule has 0 aliphatic rings. The van der Waals surface area contributed by atoms with Gasteiger partial charge in [-0.05, 0) is 18.9 Å². The Balaban J connectivity index is 4.34. The third-order valence-electron chi connectivity index (χ3n) is 2.47. The molecule has 0 unspecified atom stereocenters. The maximum Gasteiger partial charge on any atom is 0.215 e. The zero-order valence-electron chi connectivity index (χ0n) is 12.1. The van der Waals surface area contributed by atoms with Gasteiger partial charge in [0.05, 0.1) is 12.4 Å². The van der Waals surface area contributed by atoms with Gasteiger partial charge in [0.25, 0.3) is 0 Å². The van der Waals surface area contributed by atoms with Crippen LogP contribution in [0.1, 0.15) is 27.2 Å². The molecule has 0 aliphatic heterocycles. The van der Waals surface area contributed by atoms with Crippen LogP contribution in [0.3, 0.4) is 0 Å². The summed E-state index contributed by atoms with van der Waals surface area (Å²) < 4.78 is 30.8. The third kappa shape index (κ3) is 8.02. The molecule has 0 bridgehead atoms. The fourth-order valence-electron chi connectivity index (χ4n) is 1.58. The van der Waals surface area contributed by atoms with Crippen molar-refractivity contribution in [2.75, 3.05) is 45.6 Å². The van der Waals surface area contributed by atoms with E-state index in [1.807, 2.05) is 13.8 Å². The van der Waals surface area contributed by atoms with E-state index in [2.05, 4.69) is 12.2 Å². The van der Waals surface area contributed by atoms with E-state index >= 15 is 0 Å². The summed E-state index contributed by atoms with van der Waals surface area (Å²) in [7, 11) is -1.59. The average Bonchev–Trinajstić information content (AvgIpc) is 2.29. The molecule has 0 fully saturated rings. The lowest BCUT2D eigenvalue weighted by Gasteiger charge is -2.23. The molecule has 1 N–H and O–H groups in total. The normalized spacial score (nSPS) is 12.6. The molecule has 5 nitrogen and oxygen atoms in total. The van der Waals surface area contributed by atoms with Crippen molar-refractivity contribution < 1.29 is 13.2 Å². The number of ether oxygens (including phenoxy) is 1. The number of rotatable bonds is 11. The van der Waals surface area contributed by atoms with Crippen LogP contribution in [-0.4, -0.2) is 58.4 Å². The van der Waals surface area contributed by atoms with Gasteiger partial charge >= 0.3 is 0 Å². The summed E-state index contributed by atoms with van der Waals surface area (Å²) in [4.78, 5) is 0. The summed E-state index contributed by atoms with van der Waals surface area (Å²) in [5.41, 5.74) is 0. The first kappa shape index (κ1) is 17.8. The summed E-state index contributed by atoms with van der Waals surface area (Å²) in [6, 6.07) is 0. The average molecular weight is 280 g/mol. The van der Waals surface area contributed by atoms with Gasteiger partial charge in [0.15, 0.2) is 0 Å². The van der Waals surface area contributed by atoms with Crippen molar-refractivity contribution in [3.63, 3.8) is 0 Å². The molecule has 18 heavy (non-hydrogen) atoms. The predicted molar refractivity (Wildman–Crippen MR) is 75.2 cm³/mol. The van der Waals surface area contributed by atoms with Gasteiger partial charge < -0.3 is 10.1 Å². The second-order valence-electron chi connectivity index (χ2n) is 4.81. The van der Waals surface area contributed by atoms with Crippen LogP contribution in [0, 0.1) is 5.92 Å². The number of nitrogens with one attached hydrogen (secondary N) is 1. The van der Waals surface area contributed by atoms with E-state index in [1.165, 1.54) is 4.31 Å². The monoisotopic (exact) mass is 280 g/mol. The van der Waals surface area contributed by atoms with Crippen molar-refractivity contribution in [1.29, 1.82) is 0 Å². The number of hydrogen-bond acceptors (Lipinski definition) is 4. The van der Waals surface area contributed by atoms with Crippen molar-refractivity contribution in [3.8, 4) is 0 Å². The fraction of sp³-hybridized carbons (Fsp3) is 1.00. The maximum absolute atomic E-state index is 12.2. The quantitative estimate of drug-likeness (QED) is 0.572. The van der Waals surface area contributed by atoms with Gasteiger partial charge in [0, 0.05) is 26.7 Å². The molecule has 0 rings (SSSR count). The lowest BCUT2D eigenvalue weighted by atomic mass is 10.2. The number of hydrogen-bond donors (Lipinski definition) is 1. The number of methoxy groups -OCH3 is 1. The molecule has 0 saturated carbocycles. The standard InChI is InChI=1S/C12H28N2O3S/c1-5-6-13-7-10-18(15,16)14(8-9-17-4)11-12(2)3/h12-13H,5-11H2,1-4H3. The van der Waals surface area contributed by atoms with E-state index in [9.17, 15) is 8.42 Å². The van der Waals surface area contributed by atoms with E-state index in [0.717, 1.165) is 13.0 Å². The van der Waals surface area contributed by atoms with Crippen LogP contribution in [-0.2, 0) is 14.8 Å². The first-order valence-corrected chi connectivity index (χ1v) is 8.22. The molecular formula is C12H28N2O3S. The van der Waals surface area contributed by atoms with E-state index in [-0.39, 0.29) is 5.75 Å². The second-order valence-corrected chi connectivity index (χ2v) is 6.90.